The van der Waals surface area contributed by atoms with E-state index < -0.39 is 0 Å². The molecule has 0 amide bonds. The molecule has 1 nitrogen and oxygen atoms in total. The van der Waals surface area contributed by atoms with Gasteiger partial charge in [-0.15, -0.1) is 0 Å². The maximum absolute atomic E-state index is 3.90. The minimum Gasteiger partial charge on any atom is -0.361 e. The molecule has 1 aromatic carbocycles. The highest BCUT2D eigenvalue weighted by Gasteiger charge is 1.96. The first kappa shape index (κ1) is 7.17. The number of H-pyrrole nitrogens is 1. The van der Waals surface area contributed by atoms with Crippen molar-refractivity contribution in [3.63, 3.8) is 0 Å². The van der Waals surface area contributed by atoms with Crippen LogP contribution in [-0.2, 0) is 0 Å². The average Bonchev–Trinajstić information content (AvgIpc) is 2.49. The quantitative estimate of drug-likeness (QED) is 0.654. The summed E-state index contributed by atoms with van der Waals surface area (Å²) in [7, 11) is 0. The van der Waals surface area contributed by atoms with Gasteiger partial charge in [-0.2, -0.15) is 0 Å². The van der Waals surface area contributed by atoms with Gasteiger partial charge in [0.2, 0.25) is 0 Å². The minimum absolute atomic E-state index is 1.10. The van der Waals surface area contributed by atoms with Crippen LogP contribution >= 0.6 is 0 Å². The third-order valence-corrected chi connectivity index (χ3v) is 2.05. The Bertz CT molecular complexity index is 423. The first-order valence-electron chi connectivity index (χ1n) is 4.00. The fourth-order valence-electron chi connectivity index (χ4n) is 1.31. The molecule has 2 aromatic rings. The number of aromatic amines is 1. The van der Waals surface area contributed by atoms with Crippen molar-refractivity contribution in [1.82, 2.24) is 4.98 Å². The number of nitrogens with one attached hydrogen (secondary N) is 1. The van der Waals surface area contributed by atoms with Crippen molar-refractivity contribution < 1.29 is 0 Å². The largest absolute Gasteiger partial charge is 0.361 e. The second-order valence-electron chi connectivity index (χ2n) is 3.06. The van der Waals surface area contributed by atoms with Gasteiger partial charge in [0, 0.05) is 11.7 Å². The van der Waals surface area contributed by atoms with Gasteiger partial charge in [-0.05, 0) is 30.0 Å². The summed E-state index contributed by atoms with van der Waals surface area (Å²) in [6.07, 6.45) is 1.95. The van der Waals surface area contributed by atoms with Gasteiger partial charge in [-0.25, -0.2) is 0 Å². The monoisotopic (exact) mass is 157 g/mol. The van der Waals surface area contributed by atoms with Crippen molar-refractivity contribution in [2.45, 2.75) is 6.92 Å². The minimum atomic E-state index is 1.10. The van der Waals surface area contributed by atoms with Crippen LogP contribution < -0.4 is 0 Å². The number of hydrogen-bond acceptors (Lipinski definition) is 0. The van der Waals surface area contributed by atoms with E-state index in [0.29, 0.717) is 0 Å². The van der Waals surface area contributed by atoms with Crippen molar-refractivity contribution >= 4 is 16.5 Å². The van der Waals surface area contributed by atoms with E-state index in [1.54, 1.807) is 0 Å². The molecule has 12 heavy (non-hydrogen) atoms. The summed E-state index contributed by atoms with van der Waals surface area (Å²) in [5, 5.41) is 1.25. The van der Waals surface area contributed by atoms with Crippen LogP contribution in [0.5, 0.6) is 0 Å². The Balaban J connectivity index is 2.68. The molecule has 0 aliphatic heterocycles. The van der Waals surface area contributed by atoms with Crippen molar-refractivity contribution in [3.05, 3.63) is 42.6 Å². The molecule has 60 valence electrons. The van der Waals surface area contributed by atoms with Crippen LogP contribution in [0, 0.1) is 0 Å². The van der Waals surface area contributed by atoms with Gasteiger partial charge in [-0.3, -0.25) is 0 Å². The van der Waals surface area contributed by atoms with Crippen molar-refractivity contribution in [2.24, 2.45) is 0 Å². The molecule has 0 bridgehead atoms. The van der Waals surface area contributed by atoms with Gasteiger partial charge in [0.05, 0.1) is 0 Å². The zero-order valence-corrected chi connectivity index (χ0v) is 7.09. The average molecular weight is 157 g/mol. The lowest BCUT2D eigenvalue weighted by Gasteiger charge is -1.98. The van der Waals surface area contributed by atoms with Crippen LogP contribution in [0.4, 0.5) is 0 Å². The van der Waals surface area contributed by atoms with Crippen LogP contribution in [0.1, 0.15) is 12.5 Å². The van der Waals surface area contributed by atoms with Gasteiger partial charge >= 0.3 is 0 Å². The van der Waals surface area contributed by atoms with Gasteiger partial charge in [-0.1, -0.05) is 24.3 Å². The first-order chi connectivity index (χ1) is 5.77. The fraction of sp³-hybridized carbons (Fsp3) is 0.0909. The zero-order chi connectivity index (χ0) is 8.55. The molecule has 1 aromatic heterocycles. The summed E-state index contributed by atoms with van der Waals surface area (Å²) in [6.45, 7) is 5.92. The predicted octanol–water partition coefficient (Wildman–Crippen LogP) is 3.20. The summed E-state index contributed by atoms with van der Waals surface area (Å²) in [5.74, 6) is 0. The first-order valence-corrected chi connectivity index (χ1v) is 4.00. The Kier molecular flexibility index (Phi) is 1.51. The third-order valence-electron chi connectivity index (χ3n) is 2.05. The lowest BCUT2D eigenvalue weighted by Crippen LogP contribution is -1.76. The molecular weight excluding hydrogens is 146 g/mol. The van der Waals surface area contributed by atoms with E-state index >= 15 is 0 Å². The van der Waals surface area contributed by atoms with Gasteiger partial charge < -0.3 is 4.98 Å². The third kappa shape index (κ3) is 1.03. The van der Waals surface area contributed by atoms with Crippen LogP contribution in [0.15, 0.2) is 37.0 Å². The number of aromatic nitrogens is 1. The van der Waals surface area contributed by atoms with E-state index in [9.17, 15) is 0 Å². The molecule has 0 radical (unpaired) electrons. The highest BCUT2D eigenvalue weighted by Crippen LogP contribution is 2.18. The lowest BCUT2D eigenvalue weighted by atomic mass is 10.1. The van der Waals surface area contributed by atoms with Gasteiger partial charge in [0.1, 0.15) is 0 Å². The summed E-state index contributed by atoms with van der Waals surface area (Å²) in [6, 6.07) is 8.39. The zero-order valence-electron chi connectivity index (χ0n) is 7.09. The smallest absolute Gasteiger partial charge is 0.0460 e. The summed E-state index contributed by atoms with van der Waals surface area (Å²) >= 11 is 0. The van der Waals surface area contributed by atoms with Crippen LogP contribution in [0.25, 0.3) is 16.5 Å². The molecule has 0 unspecified atom stereocenters. The number of benzene rings is 1. The molecule has 0 aliphatic rings. The second-order valence-corrected chi connectivity index (χ2v) is 3.06. The Hall–Kier alpha value is -1.50. The molecule has 1 heteroatoms. The second kappa shape index (κ2) is 2.52. The number of allylic oxidation sites excluding steroid dienone is 1. The molecule has 0 spiro atoms. The maximum Gasteiger partial charge on any atom is 0.0460 e. The van der Waals surface area contributed by atoms with Crippen molar-refractivity contribution in [2.75, 3.05) is 0 Å². The molecule has 0 saturated heterocycles. The summed E-state index contributed by atoms with van der Waals surface area (Å²) in [4.78, 5) is 3.17. The Morgan fingerprint density at radius 1 is 1.33 bits per heavy atom. The highest BCUT2D eigenvalue weighted by atomic mass is 14.7. The SMILES string of the molecule is C=C(C)c1ccc2cc[nH]c2c1. The number of fused-ring (bicyclic) bond motifs is 1. The van der Waals surface area contributed by atoms with E-state index in [2.05, 4.69) is 35.8 Å². The normalized spacial score (nSPS) is 10.4. The van der Waals surface area contributed by atoms with E-state index in [-0.39, 0.29) is 0 Å². The molecule has 0 fully saturated rings. The summed E-state index contributed by atoms with van der Waals surface area (Å²) < 4.78 is 0. The fourth-order valence-corrected chi connectivity index (χ4v) is 1.31. The number of rotatable bonds is 1. The lowest BCUT2D eigenvalue weighted by molar-refractivity contribution is 1.47. The molecular formula is C11H11N. The number of hydrogen-bond donors (Lipinski definition) is 1. The standard InChI is InChI=1S/C11H11N/c1-8(2)10-4-3-9-5-6-12-11(9)7-10/h3-7,12H,1H2,2H3. The van der Waals surface area contributed by atoms with Crippen molar-refractivity contribution in [1.29, 1.82) is 0 Å². The van der Waals surface area contributed by atoms with Gasteiger partial charge in [0.15, 0.2) is 0 Å². The van der Waals surface area contributed by atoms with Crippen LogP contribution in [-0.4, -0.2) is 4.98 Å². The van der Waals surface area contributed by atoms with Crippen molar-refractivity contribution in [3.8, 4) is 0 Å². The maximum atomic E-state index is 3.90. The van der Waals surface area contributed by atoms with Gasteiger partial charge in [0.25, 0.3) is 0 Å². The van der Waals surface area contributed by atoms with E-state index in [1.807, 2.05) is 13.1 Å². The molecule has 1 heterocycles. The van der Waals surface area contributed by atoms with E-state index in [0.717, 1.165) is 5.57 Å². The highest BCUT2D eigenvalue weighted by molar-refractivity contribution is 5.83. The molecule has 0 atom stereocenters. The van der Waals surface area contributed by atoms with Crippen LogP contribution in [0.2, 0.25) is 0 Å². The molecule has 1 N–H and O–H groups in total. The Labute approximate surface area is 71.7 Å². The molecule has 2 rings (SSSR count). The Morgan fingerprint density at radius 3 is 2.92 bits per heavy atom. The van der Waals surface area contributed by atoms with E-state index in [1.165, 1.54) is 16.5 Å². The summed E-state index contributed by atoms with van der Waals surface area (Å²) in [5.41, 5.74) is 3.48. The van der Waals surface area contributed by atoms with Crippen LogP contribution in [0.3, 0.4) is 0 Å². The van der Waals surface area contributed by atoms with E-state index in [4.69, 9.17) is 0 Å². The predicted molar refractivity (Wildman–Crippen MR) is 53.0 cm³/mol. The molecule has 0 aliphatic carbocycles. The molecule has 0 saturated carbocycles. The topological polar surface area (TPSA) is 15.8 Å². The Morgan fingerprint density at radius 2 is 2.17 bits per heavy atom.